The summed E-state index contributed by atoms with van der Waals surface area (Å²) in [6.45, 7) is 5.74. The van der Waals surface area contributed by atoms with E-state index in [9.17, 15) is 5.11 Å². The lowest BCUT2D eigenvalue weighted by Crippen LogP contribution is -2.42. The van der Waals surface area contributed by atoms with Crippen LogP contribution in [0.3, 0.4) is 0 Å². The third-order valence-electron chi connectivity index (χ3n) is 3.05. The largest absolute Gasteiger partial charge is 0.391 e. The van der Waals surface area contributed by atoms with Crippen molar-refractivity contribution in [3.63, 3.8) is 0 Å². The zero-order chi connectivity index (χ0) is 10.6. The molecule has 80 valence electrons. The van der Waals surface area contributed by atoms with Crippen LogP contribution < -0.4 is 0 Å². The van der Waals surface area contributed by atoms with Gasteiger partial charge in [0.05, 0.1) is 18.1 Å². The molecule has 0 radical (unpaired) electrons. The third-order valence-corrected chi connectivity index (χ3v) is 3.05. The Morgan fingerprint density at radius 3 is 2.71 bits per heavy atom. The fourth-order valence-electron chi connectivity index (χ4n) is 2.24. The highest BCUT2D eigenvalue weighted by molar-refractivity contribution is 4.88. The van der Waals surface area contributed by atoms with Crippen LogP contribution in [0.4, 0.5) is 0 Å². The molecular weight excluding hydrogens is 176 g/mol. The maximum atomic E-state index is 9.75. The molecule has 0 spiro atoms. The van der Waals surface area contributed by atoms with Gasteiger partial charge in [-0.05, 0) is 32.7 Å². The molecule has 3 atom stereocenters. The van der Waals surface area contributed by atoms with Gasteiger partial charge in [-0.3, -0.25) is 4.90 Å². The quantitative estimate of drug-likeness (QED) is 0.739. The lowest BCUT2D eigenvalue weighted by Gasteiger charge is -2.30. The normalized spacial score (nSPS) is 29.1. The van der Waals surface area contributed by atoms with Gasteiger partial charge in [0.2, 0.25) is 0 Å². The van der Waals surface area contributed by atoms with Crippen LogP contribution in [0.1, 0.15) is 33.1 Å². The van der Waals surface area contributed by atoms with Crippen molar-refractivity contribution >= 4 is 0 Å². The summed E-state index contributed by atoms with van der Waals surface area (Å²) in [5.41, 5.74) is 0. The molecule has 0 saturated heterocycles. The Hall–Kier alpha value is -0.590. The molecule has 3 nitrogen and oxygen atoms in total. The first kappa shape index (κ1) is 11.5. The van der Waals surface area contributed by atoms with Gasteiger partial charge in [0.15, 0.2) is 0 Å². The Balaban J connectivity index is 2.49. The van der Waals surface area contributed by atoms with E-state index in [2.05, 4.69) is 17.9 Å². The first-order valence-corrected chi connectivity index (χ1v) is 5.50. The van der Waals surface area contributed by atoms with E-state index in [1.165, 1.54) is 0 Å². The predicted octanol–water partition coefficient (Wildman–Crippen LogP) is 1.38. The highest BCUT2D eigenvalue weighted by Crippen LogP contribution is 2.24. The minimum Gasteiger partial charge on any atom is -0.391 e. The van der Waals surface area contributed by atoms with Gasteiger partial charge in [-0.2, -0.15) is 5.26 Å². The molecule has 14 heavy (non-hydrogen) atoms. The van der Waals surface area contributed by atoms with Crippen LogP contribution in [0.5, 0.6) is 0 Å². The highest BCUT2D eigenvalue weighted by atomic mass is 16.3. The topological polar surface area (TPSA) is 47.3 Å². The molecule has 0 aromatic rings. The van der Waals surface area contributed by atoms with Crippen molar-refractivity contribution in [3.05, 3.63) is 0 Å². The van der Waals surface area contributed by atoms with E-state index >= 15 is 0 Å². The van der Waals surface area contributed by atoms with Crippen molar-refractivity contribution in [2.45, 2.75) is 45.3 Å². The van der Waals surface area contributed by atoms with Crippen LogP contribution in [-0.2, 0) is 0 Å². The van der Waals surface area contributed by atoms with Gasteiger partial charge in [0.25, 0.3) is 0 Å². The van der Waals surface area contributed by atoms with E-state index in [0.29, 0.717) is 0 Å². The van der Waals surface area contributed by atoms with Crippen molar-refractivity contribution in [1.82, 2.24) is 4.90 Å². The average molecular weight is 196 g/mol. The molecule has 1 fully saturated rings. The van der Waals surface area contributed by atoms with Gasteiger partial charge in [0, 0.05) is 12.6 Å². The number of likely N-dealkylation sites (N-methyl/N-ethyl adjacent to an activating group) is 1. The molecule has 1 aliphatic carbocycles. The summed E-state index contributed by atoms with van der Waals surface area (Å²) in [5.74, 6) is 0.0581. The molecule has 0 amide bonds. The zero-order valence-corrected chi connectivity index (χ0v) is 9.11. The summed E-state index contributed by atoms with van der Waals surface area (Å²) in [6.07, 6.45) is 2.93. The minimum absolute atomic E-state index is 0.0581. The molecule has 0 aliphatic heterocycles. The Morgan fingerprint density at radius 1 is 1.57 bits per heavy atom. The Bertz CT molecular complexity index is 212. The van der Waals surface area contributed by atoms with Crippen molar-refractivity contribution in [3.8, 4) is 6.07 Å². The molecule has 1 aliphatic rings. The Kier molecular flexibility index (Phi) is 4.37. The summed E-state index contributed by atoms with van der Waals surface area (Å²) in [6, 6.07) is 2.53. The van der Waals surface area contributed by atoms with E-state index in [1.807, 2.05) is 6.92 Å². The standard InChI is InChI=1S/C11H20N2O/c1-3-13(8-9(2)7-12)10-5-4-6-11(10)14/h9-11,14H,3-6,8H2,1-2H3/t9?,10-,11-/m1/s1. The second-order valence-corrected chi connectivity index (χ2v) is 4.18. The lowest BCUT2D eigenvalue weighted by molar-refractivity contribution is 0.0694. The summed E-state index contributed by atoms with van der Waals surface area (Å²) in [7, 11) is 0. The van der Waals surface area contributed by atoms with E-state index in [4.69, 9.17) is 5.26 Å². The summed E-state index contributed by atoms with van der Waals surface area (Å²) < 4.78 is 0. The number of hydrogen-bond donors (Lipinski definition) is 1. The summed E-state index contributed by atoms with van der Waals surface area (Å²) in [4.78, 5) is 2.24. The zero-order valence-electron chi connectivity index (χ0n) is 9.11. The Labute approximate surface area is 86.3 Å². The van der Waals surface area contributed by atoms with Crippen LogP contribution in [0, 0.1) is 17.2 Å². The average Bonchev–Trinajstić information content (AvgIpc) is 2.60. The van der Waals surface area contributed by atoms with Crippen molar-refractivity contribution in [2.75, 3.05) is 13.1 Å². The predicted molar refractivity (Wildman–Crippen MR) is 55.7 cm³/mol. The molecule has 1 N–H and O–H groups in total. The van der Waals surface area contributed by atoms with E-state index in [1.54, 1.807) is 0 Å². The highest BCUT2D eigenvalue weighted by Gasteiger charge is 2.30. The maximum Gasteiger partial charge on any atom is 0.0695 e. The van der Waals surface area contributed by atoms with E-state index in [0.717, 1.165) is 32.4 Å². The Morgan fingerprint density at radius 2 is 2.29 bits per heavy atom. The van der Waals surface area contributed by atoms with Gasteiger partial charge in [0.1, 0.15) is 0 Å². The smallest absolute Gasteiger partial charge is 0.0695 e. The summed E-state index contributed by atoms with van der Waals surface area (Å²) in [5, 5.41) is 18.5. The molecule has 1 saturated carbocycles. The summed E-state index contributed by atoms with van der Waals surface area (Å²) >= 11 is 0. The van der Waals surface area contributed by atoms with E-state index < -0.39 is 0 Å². The monoisotopic (exact) mass is 196 g/mol. The molecule has 3 heteroatoms. The minimum atomic E-state index is -0.180. The van der Waals surface area contributed by atoms with Gasteiger partial charge < -0.3 is 5.11 Å². The van der Waals surface area contributed by atoms with E-state index in [-0.39, 0.29) is 18.1 Å². The second-order valence-electron chi connectivity index (χ2n) is 4.18. The molecular formula is C11H20N2O. The number of hydrogen-bond acceptors (Lipinski definition) is 3. The van der Waals surface area contributed by atoms with Gasteiger partial charge >= 0.3 is 0 Å². The number of aliphatic hydroxyl groups is 1. The first-order valence-electron chi connectivity index (χ1n) is 5.50. The fraction of sp³-hybridized carbons (Fsp3) is 0.909. The number of nitriles is 1. The number of aliphatic hydroxyl groups excluding tert-OH is 1. The van der Waals surface area contributed by atoms with Crippen molar-refractivity contribution in [1.29, 1.82) is 5.26 Å². The maximum absolute atomic E-state index is 9.75. The molecule has 0 aromatic heterocycles. The van der Waals surface area contributed by atoms with Crippen molar-refractivity contribution < 1.29 is 5.11 Å². The molecule has 1 unspecified atom stereocenters. The fourth-order valence-corrected chi connectivity index (χ4v) is 2.24. The molecule has 0 heterocycles. The van der Waals surface area contributed by atoms with Crippen LogP contribution >= 0.6 is 0 Å². The lowest BCUT2D eigenvalue weighted by atomic mass is 10.1. The van der Waals surface area contributed by atoms with Crippen molar-refractivity contribution in [2.24, 2.45) is 5.92 Å². The number of nitrogens with zero attached hydrogens (tertiary/aromatic N) is 2. The number of rotatable bonds is 4. The third kappa shape index (κ3) is 2.70. The SMILES string of the molecule is CCN(CC(C)C#N)[C@@H]1CCC[C@H]1O. The van der Waals surface area contributed by atoms with Crippen LogP contribution in [0.15, 0.2) is 0 Å². The molecule has 0 bridgehead atoms. The van der Waals surface area contributed by atoms with Gasteiger partial charge in [-0.25, -0.2) is 0 Å². The second kappa shape index (κ2) is 5.33. The van der Waals surface area contributed by atoms with Crippen LogP contribution in [0.25, 0.3) is 0 Å². The van der Waals surface area contributed by atoms with Crippen LogP contribution in [-0.4, -0.2) is 35.2 Å². The van der Waals surface area contributed by atoms with Gasteiger partial charge in [-0.15, -0.1) is 0 Å². The first-order chi connectivity index (χ1) is 6.69. The molecule has 0 aromatic carbocycles. The van der Waals surface area contributed by atoms with Crippen LogP contribution in [0.2, 0.25) is 0 Å². The van der Waals surface area contributed by atoms with Gasteiger partial charge in [-0.1, -0.05) is 6.92 Å². The molecule has 1 rings (SSSR count).